The Labute approximate surface area is 151 Å². The third kappa shape index (κ3) is 3.61. The maximum Gasteiger partial charge on any atom is 0.241 e. The summed E-state index contributed by atoms with van der Waals surface area (Å²) in [6.07, 6.45) is 9.48. The fourth-order valence-electron chi connectivity index (χ4n) is 3.36. The van der Waals surface area contributed by atoms with Gasteiger partial charge in [0, 0.05) is 18.9 Å². The highest BCUT2D eigenvalue weighted by molar-refractivity contribution is 5.83. The van der Waals surface area contributed by atoms with Gasteiger partial charge in [0.05, 0.1) is 12.1 Å². The van der Waals surface area contributed by atoms with Gasteiger partial charge >= 0.3 is 0 Å². The minimum Gasteiger partial charge on any atom is -0.327 e. The molecule has 0 fully saturated rings. The summed E-state index contributed by atoms with van der Waals surface area (Å²) in [5.41, 5.74) is 7.45. The van der Waals surface area contributed by atoms with Crippen LogP contribution in [0.1, 0.15) is 18.0 Å². The summed E-state index contributed by atoms with van der Waals surface area (Å²) in [6, 6.07) is 8.19. The summed E-state index contributed by atoms with van der Waals surface area (Å²) >= 11 is 0. The third-order valence-corrected chi connectivity index (χ3v) is 4.69. The van der Waals surface area contributed by atoms with Crippen molar-refractivity contribution >= 4 is 5.91 Å². The van der Waals surface area contributed by atoms with E-state index in [-0.39, 0.29) is 24.9 Å². The molecular formula is C21H20F2N2O. The Hall–Kier alpha value is -2.71. The Morgan fingerprint density at radius 2 is 2.08 bits per heavy atom. The van der Waals surface area contributed by atoms with Gasteiger partial charge in [0.1, 0.15) is 12.0 Å². The van der Waals surface area contributed by atoms with Gasteiger partial charge < -0.3 is 10.6 Å². The average molecular weight is 354 g/mol. The van der Waals surface area contributed by atoms with Crippen molar-refractivity contribution in [3.8, 4) is 12.3 Å². The Kier molecular flexibility index (Phi) is 5.34. The van der Waals surface area contributed by atoms with E-state index in [1.165, 1.54) is 12.2 Å². The van der Waals surface area contributed by atoms with Crippen LogP contribution in [0.15, 0.2) is 66.0 Å². The molecule has 3 nitrogen and oxygen atoms in total. The fraction of sp³-hybridized carbons (Fsp3) is 0.286. The number of carbonyl (C=O) groups is 1. The predicted octanol–water partition coefficient (Wildman–Crippen LogP) is 3.22. The van der Waals surface area contributed by atoms with E-state index < -0.39 is 24.0 Å². The smallest absolute Gasteiger partial charge is 0.241 e. The molecule has 134 valence electrons. The zero-order valence-corrected chi connectivity index (χ0v) is 14.2. The van der Waals surface area contributed by atoms with Gasteiger partial charge in [-0.3, -0.25) is 4.79 Å². The second kappa shape index (κ2) is 7.67. The SMILES string of the molecule is C#CC[C@H](N)C(=O)N1CC(C2C=C(F)C=CC2F)=C[C@H]1c1ccccc1. The van der Waals surface area contributed by atoms with Crippen LogP contribution in [0.3, 0.4) is 0 Å². The Balaban J connectivity index is 1.93. The molecule has 1 heterocycles. The lowest BCUT2D eigenvalue weighted by Gasteiger charge is -2.28. The lowest BCUT2D eigenvalue weighted by Crippen LogP contribution is -2.44. The van der Waals surface area contributed by atoms with Crippen molar-refractivity contribution in [2.24, 2.45) is 11.7 Å². The highest BCUT2D eigenvalue weighted by Crippen LogP contribution is 2.37. The first-order valence-corrected chi connectivity index (χ1v) is 8.46. The van der Waals surface area contributed by atoms with Crippen molar-refractivity contribution in [3.05, 3.63) is 71.6 Å². The molecule has 0 spiro atoms. The molecule has 26 heavy (non-hydrogen) atoms. The number of carbonyl (C=O) groups excluding carboxylic acids is 1. The molecule has 1 amide bonds. The number of hydrogen-bond acceptors (Lipinski definition) is 2. The van der Waals surface area contributed by atoms with Gasteiger partial charge in [-0.15, -0.1) is 12.3 Å². The van der Waals surface area contributed by atoms with Gasteiger partial charge in [-0.1, -0.05) is 36.4 Å². The number of benzene rings is 1. The standard InChI is InChI=1S/C21H20F2N2O/c1-2-6-19(24)21(26)25-13-15(17-12-16(22)9-10-18(17)23)11-20(25)14-7-4-3-5-8-14/h1,3-5,7-12,17-20H,6,13,24H2/t17?,18?,19-,20-/m0/s1. The van der Waals surface area contributed by atoms with Crippen LogP contribution >= 0.6 is 0 Å². The maximum absolute atomic E-state index is 14.3. The normalized spacial score (nSPS) is 26.1. The molecule has 3 rings (SSSR count). The van der Waals surface area contributed by atoms with Crippen molar-refractivity contribution < 1.29 is 13.6 Å². The van der Waals surface area contributed by atoms with Gasteiger partial charge in [-0.25, -0.2) is 8.78 Å². The Morgan fingerprint density at radius 1 is 1.35 bits per heavy atom. The van der Waals surface area contributed by atoms with Crippen LogP contribution in [0.25, 0.3) is 0 Å². The number of allylic oxidation sites excluding steroid dienone is 4. The molecule has 2 aliphatic rings. The molecule has 0 aromatic heterocycles. The molecule has 1 aromatic carbocycles. The molecule has 2 N–H and O–H groups in total. The number of nitrogens with zero attached hydrogens (tertiary/aromatic N) is 1. The largest absolute Gasteiger partial charge is 0.327 e. The number of rotatable bonds is 4. The van der Waals surface area contributed by atoms with E-state index in [9.17, 15) is 13.6 Å². The van der Waals surface area contributed by atoms with E-state index in [1.807, 2.05) is 36.4 Å². The molecule has 4 atom stereocenters. The molecule has 0 saturated carbocycles. The second-order valence-electron chi connectivity index (χ2n) is 6.46. The number of amides is 1. The third-order valence-electron chi connectivity index (χ3n) is 4.69. The number of nitrogens with two attached hydrogens (primary N) is 1. The van der Waals surface area contributed by atoms with E-state index in [0.29, 0.717) is 5.57 Å². The van der Waals surface area contributed by atoms with Gasteiger partial charge in [-0.05, 0) is 29.4 Å². The van der Waals surface area contributed by atoms with Crippen molar-refractivity contribution in [3.63, 3.8) is 0 Å². The zero-order chi connectivity index (χ0) is 18.7. The lowest BCUT2D eigenvalue weighted by atomic mass is 9.90. The first-order valence-electron chi connectivity index (χ1n) is 8.46. The Morgan fingerprint density at radius 3 is 2.77 bits per heavy atom. The van der Waals surface area contributed by atoms with Gasteiger partial charge in [0.15, 0.2) is 0 Å². The van der Waals surface area contributed by atoms with E-state index in [2.05, 4.69) is 5.92 Å². The highest BCUT2D eigenvalue weighted by Gasteiger charge is 2.36. The quantitative estimate of drug-likeness (QED) is 0.667. The summed E-state index contributed by atoms with van der Waals surface area (Å²) in [7, 11) is 0. The van der Waals surface area contributed by atoms with Crippen LogP contribution in [-0.4, -0.2) is 29.6 Å². The predicted molar refractivity (Wildman–Crippen MR) is 97.1 cm³/mol. The van der Waals surface area contributed by atoms with Crippen LogP contribution in [0.5, 0.6) is 0 Å². The molecule has 1 aromatic rings. The molecule has 1 aliphatic heterocycles. The molecule has 0 saturated heterocycles. The molecule has 2 unspecified atom stereocenters. The molecule has 1 aliphatic carbocycles. The number of halogens is 2. The van der Waals surface area contributed by atoms with E-state index in [0.717, 1.165) is 11.6 Å². The summed E-state index contributed by atoms with van der Waals surface area (Å²) in [5, 5.41) is 0. The van der Waals surface area contributed by atoms with Crippen molar-refractivity contribution in [1.82, 2.24) is 4.90 Å². The minimum absolute atomic E-state index is 0.124. The Bertz CT molecular complexity index is 807. The van der Waals surface area contributed by atoms with Gasteiger partial charge in [-0.2, -0.15) is 0 Å². The molecule has 0 radical (unpaired) electrons. The lowest BCUT2D eigenvalue weighted by molar-refractivity contribution is -0.133. The zero-order valence-electron chi connectivity index (χ0n) is 14.2. The van der Waals surface area contributed by atoms with Crippen LogP contribution in [0, 0.1) is 18.3 Å². The van der Waals surface area contributed by atoms with Gasteiger partial charge in [0.25, 0.3) is 0 Å². The summed E-state index contributed by atoms with van der Waals surface area (Å²) in [6.45, 7) is 0.194. The minimum atomic E-state index is -1.33. The van der Waals surface area contributed by atoms with Crippen LogP contribution in [0.4, 0.5) is 8.78 Å². The second-order valence-corrected chi connectivity index (χ2v) is 6.46. The number of hydrogen-bond donors (Lipinski definition) is 1. The maximum atomic E-state index is 14.3. The summed E-state index contributed by atoms with van der Waals surface area (Å²) < 4.78 is 27.9. The first-order chi connectivity index (χ1) is 12.5. The average Bonchev–Trinajstić information content (AvgIpc) is 3.09. The first kappa shape index (κ1) is 18.1. The van der Waals surface area contributed by atoms with Crippen molar-refractivity contribution in [1.29, 1.82) is 0 Å². The van der Waals surface area contributed by atoms with E-state index in [1.54, 1.807) is 4.90 Å². The summed E-state index contributed by atoms with van der Waals surface area (Å²) in [4.78, 5) is 14.4. The molecular weight excluding hydrogens is 334 g/mol. The molecule has 5 heteroatoms. The van der Waals surface area contributed by atoms with Crippen LogP contribution in [-0.2, 0) is 4.79 Å². The van der Waals surface area contributed by atoms with Crippen LogP contribution in [0.2, 0.25) is 0 Å². The highest BCUT2D eigenvalue weighted by atomic mass is 19.1. The van der Waals surface area contributed by atoms with Crippen molar-refractivity contribution in [2.75, 3.05) is 6.54 Å². The van der Waals surface area contributed by atoms with Crippen LogP contribution < -0.4 is 5.73 Å². The number of alkyl halides is 1. The van der Waals surface area contributed by atoms with E-state index >= 15 is 0 Å². The number of terminal acetylenes is 1. The molecule has 0 bridgehead atoms. The van der Waals surface area contributed by atoms with E-state index in [4.69, 9.17) is 12.2 Å². The van der Waals surface area contributed by atoms with Crippen molar-refractivity contribution in [2.45, 2.75) is 24.7 Å². The topological polar surface area (TPSA) is 46.3 Å². The van der Waals surface area contributed by atoms with Gasteiger partial charge in [0.2, 0.25) is 5.91 Å². The summed E-state index contributed by atoms with van der Waals surface area (Å²) in [5.74, 6) is 0.893. The fourth-order valence-corrected chi connectivity index (χ4v) is 3.36. The monoisotopic (exact) mass is 354 g/mol.